The summed E-state index contributed by atoms with van der Waals surface area (Å²) in [5.41, 5.74) is 3.99. The minimum Gasteiger partial charge on any atom is -0.504 e. The average Bonchev–Trinajstić information content (AvgIpc) is 2.70. The highest BCUT2D eigenvalue weighted by Gasteiger charge is 2.00. The molecule has 0 aliphatic rings. The van der Waals surface area contributed by atoms with Gasteiger partial charge in [-0.1, -0.05) is 30.4 Å². The Morgan fingerprint density at radius 1 is 0.786 bits per heavy atom. The largest absolute Gasteiger partial charge is 0.504 e. The highest BCUT2D eigenvalue weighted by atomic mass is 32.1. The number of nitriles is 1. The van der Waals surface area contributed by atoms with E-state index in [4.69, 9.17) is 17.5 Å². The molecule has 0 bridgehead atoms. The number of anilines is 2. The van der Waals surface area contributed by atoms with E-state index in [1.54, 1.807) is 30.3 Å². The summed E-state index contributed by atoms with van der Waals surface area (Å²) in [6, 6.07) is 21.4. The number of hydrogen-bond acceptors (Lipinski definition) is 4. The van der Waals surface area contributed by atoms with Gasteiger partial charge in [0.2, 0.25) is 0 Å². The fourth-order valence-electron chi connectivity index (χ4n) is 2.44. The van der Waals surface area contributed by atoms with Crippen molar-refractivity contribution in [3.05, 3.63) is 83.4 Å². The zero-order valence-corrected chi connectivity index (χ0v) is 15.6. The van der Waals surface area contributed by atoms with Crippen LogP contribution in [0.3, 0.4) is 0 Å². The standard InChI is InChI=1S/C22H17N3O2S/c23-14-17-5-10-19(11-6-17)25-22(28)24-18-8-3-15(4-9-18)1-2-16-7-12-20(26)21(27)13-16/h1-13,26-27H,(H2,24,25,28)/b2-1+. The number of hydrogen-bond donors (Lipinski definition) is 4. The van der Waals surface area contributed by atoms with Crippen LogP contribution in [-0.4, -0.2) is 15.3 Å². The van der Waals surface area contributed by atoms with Gasteiger partial charge in [-0.05, 0) is 71.9 Å². The Hall–Kier alpha value is -3.82. The van der Waals surface area contributed by atoms with Crippen molar-refractivity contribution >= 4 is 40.9 Å². The normalized spacial score (nSPS) is 10.4. The lowest BCUT2D eigenvalue weighted by atomic mass is 10.1. The highest BCUT2D eigenvalue weighted by Crippen LogP contribution is 2.25. The van der Waals surface area contributed by atoms with Crippen LogP contribution in [0.2, 0.25) is 0 Å². The number of nitrogens with zero attached hydrogens (tertiary/aromatic N) is 1. The maximum Gasteiger partial charge on any atom is 0.175 e. The maximum atomic E-state index is 9.52. The van der Waals surface area contributed by atoms with Gasteiger partial charge in [0.15, 0.2) is 16.6 Å². The molecular formula is C22H17N3O2S. The fourth-order valence-corrected chi connectivity index (χ4v) is 2.67. The molecule has 3 aromatic rings. The van der Waals surface area contributed by atoms with E-state index in [0.717, 1.165) is 22.5 Å². The molecule has 0 amide bonds. The predicted molar refractivity (Wildman–Crippen MR) is 116 cm³/mol. The Morgan fingerprint density at radius 2 is 1.32 bits per heavy atom. The van der Waals surface area contributed by atoms with Crippen LogP contribution in [-0.2, 0) is 0 Å². The lowest BCUT2D eigenvalue weighted by Gasteiger charge is -2.10. The summed E-state index contributed by atoms with van der Waals surface area (Å²) >= 11 is 5.30. The van der Waals surface area contributed by atoms with Crippen molar-refractivity contribution in [3.63, 3.8) is 0 Å². The SMILES string of the molecule is N#Cc1ccc(NC(=S)Nc2ccc(/C=C/c3ccc(O)c(O)c3)cc2)cc1. The van der Waals surface area contributed by atoms with Gasteiger partial charge in [-0.2, -0.15) is 5.26 Å². The minimum atomic E-state index is -0.148. The summed E-state index contributed by atoms with van der Waals surface area (Å²) < 4.78 is 0. The second kappa shape index (κ2) is 8.71. The number of nitrogens with one attached hydrogen (secondary N) is 2. The van der Waals surface area contributed by atoms with Gasteiger partial charge in [-0.15, -0.1) is 0 Å². The molecule has 0 aromatic heterocycles. The van der Waals surface area contributed by atoms with Crippen molar-refractivity contribution in [2.75, 3.05) is 10.6 Å². The zero-order chi connectivity index (χ0) is 19.9. The van der Waals surface area contributed by atoms with E-state index in [0.29, 0.717) is 10.7 Å². The maximum absolute atomic E-state index is 9.52. The van der Waals surface area contributed by atoms with Gasteiger partial charge < -0.3 is 20.8 Å². The fraction of sp³-hybridized carbons (Fsp3) is 0. The lowest BCUT2D eigenvalue weighted by molar-refractivity contribution is 0.403. The Morgan fingerprint density at radius 3 is 1.89 bits per heavy atom. The first-order valence-corrected chi connectivity index (χ1v) is 8.82. The molecule has 3 aromatic carbocycles. The van der Waals surface area contributed by atoms with Crippen LogP contribution in [0.25, 0.3) is 12.2 Å². The molecule has 0 aliphatic heterocycles. The van der Waals surface area contributed by atoms with E-state index in [2.05, 4.69) is 16.7 Å². The first-order chi connectivity index (χ1) is 13.5. The number of rotatable bonds is 4. The van der Waals surface area contributed by atoms with E-state index < -0.39 is 0 Å². The van der Waals surface area contributed by atoms with E-state index in [9.17, 15) is 10.2 Å². The van der Waals surface area contributed by atoms with Crippen molar-refractivity contribution in [1.29, 1.82) is 5.26 Å². The third kappa shape index (κ3) is 5.10. The molecule has 138 valence electrons. The Balaban J connectivity index is 1.58. The number of thiocarbonyl (C=S) groups is 1. The molecule has 0 heterocycles. The predicted octanol–water partition coefficient (Wildman–Crippen LogP) is 4.95. The molecule has 5 nitrogen and oxygen atoms in total. The van der Waals surface area contributed by atoms with Crippen LogP contribution in [0.5, 0.6) is 11.5 Å². The Labute approximate surface area is 168 Å². The number of phenolic OH excluding ortho intramolecular Hbond substituents is 2. The Bertz CT molecular complexity index is 1050. The molecule has 0 radical (unpaired) electrons. The number of aromatic hydroxyl groups is 2. The van der Waals surface area contributed by atoms with E-state index >= 15 is 0 Å². The number of phenols is 2. The molecule has 28 heavy (non-hydrogen) atoms. The van der Waals surface area contributed by atoms with Gasteiger partial charge in [-0.25, -0.2) is 0 Å². The first kappa shape index (κ1) is 19.0. The number of benzene rings is 3. The molecule has 0 fully saturated rings. The Kier molecular flexibility index (Phi) is 5.90. The van der Waals surface area contributed by atoms with Crippen molar-refractivity contribution in [2.24, 2.45) is 0 Å². The van der Waals surface area contributed by atoms with Crippen LogP contribution < -0.4 is 10.6 Å². The van der Waals surface area contributed by atoms with Gasteiger partial charge >= 0.3 is 0 Å². The zero-order valence-electron chi connectivity index (χ0n) is 14.8. The van der Waals surface area contributed by atoms with Gasteiger partial charge in [-0.3, -0.25) is 0 Å². The summed E-state index contributed by atoms with van der Waals surface area (Å²) in [4.78, 5) is 0. The first-order valence-electron chi connectivity index (χ1n) is 8.42. The topological polar surface area (TPSA) is 88.3 Å². The molecule has 0 unspecified atom stereocenters. The average molecular weight is 387 g/mol. The molecule has 0 saturated heterocycles. The van der Waals surface area contributed by atoms with Crippen molar-refractivity contribution in [1.82, 2.24) is 0 Å². The molecular weight excluding hydrogens is 370 g/mol. The van der Waals surface area contributed by atoms with Crippen LogP contribution in [0, 0.1) is 11.3 Å². The molecule has 0 spiro atoms. The molecule has 0 saturated carbocycles. The van der Waals surface area contributed by atoms with Crippen LogP contribution >= 0.6 is 12.2 Å². The summed E-state index contributed by atoms with van der Waals surface area (Å²) in [7, 11) is 0. The summed E-state index contributed by atoms with van der Waals surface area (Å²) in [6.45, 7) is 0. The summed E-state index contributed by atoms with van der Waals surface area (Å²) in [5, 5.41) is 34.3. The van der Waals surface area contributed by atoms with Crippen LogP contribution in [0.1, 0.15) is 16.7 Å². The molecule has 3 rings (SSSR count). The molecule has 6 heteroatoms. The second-order valence-electron chi connectivity index (χ2n) is 5.97. The van der Waals surface area contributed by atoms with Crippen LogP contribution in [0.4, 0.5) is 11.4 Å². The molecule has 4 N–H and O–H groups in total. The van der Waals surface area contributed by atoms with Gasteiger partial charge in [0.1, 0.15) is 0 Å². The van der Waals surface area contributed by atoms with Crippen molar-refractivity contribution in [3.8, 4) is 17.6 Å². The second-order valence-corrected chi connectivity index (χ2v) is 6.38. The monoisotopic (exact) mass is 387 g/mol. The van der Waals surface area contributed by atoms with E-state index in [1.807, 2.05) is 36.4 Å². The third-order valence-electron chi connectivity index (χ3n) is 3.91. The van der Waals surface area contributed by atoms with Gasteiger partial charge in [0.25, 0.3) is 0 Å². The van der Waals surface area contributed by atoms with E-state index in [-0.39, 0.29) is 11.5 Å². The minimum absolute atomic E-state index is 0.141. The lowest BCUT2D eigenvalue weighted by Crippen LogP contribution is -2.18. The summed E-state index contributed by atoms with van der Waals surface area (Å²) in [6.07, 6.45) is 3.75. The van der Waals surface area contributed by atoms with Crippen LogP contribution in [0.15, 0.2) is 66.7 Å². The summed E-state index contributed by atoms with van der Waals surface area (Å²) in [5.74, 6) is -0.289. The van der Waals surface area contributed by atoms with Crippen molar-refractivity contribution < 1.29 is 10.2 Å². The van der Waals surface area contributed by atoms with Crippen molar-refractivity contribution in [2.45, 2.75) is 0 Å². The quantitative estimate of drug-likeness (QED) is 0.288. The van der Waals surface area contributed by atoms with E-state index in [1.165, 1.54) is 12.1 Å². The third-order valence-corrected chi connectivity index (χ3v) is 4.11. The smallest absolute Gasteiger partial charge is 0.175 e. The molecule has 0 atom stereocenters. The van der Waals surface area contributed by atoms with Gasteiger partial charge in [0, 0.05) is 11.4 Å². The highest BCUT2D eigenvalue weighted by molar-refractivity contribution is 7.80. The molecule has 0 aliphatic carbocycles. The van der Waals surface area contributed by atoms with Gasteiger partial charge in [0.05, 0.1) is 11.6 Å².